The molecule has 1 saturated heterocycles. The van der Waals surface area contributed by atoms with Crippen molar-refractivity contribution in [3.05, 3.63) is 23.8 Å². The highest BCUT2D eigenvalue weighted by Crippen LogP contribution is 2.28. The second-order valence-electron chi connectivity index (χ2n) is 7.11. The van der Waals surface area contributed by atoms with E-state index in [4.69, 9.17) is 9.47 Å². The van der Waals surface area contributed by atoms with E-state index in [1.807, 2.05) is 6.92 Å². The maximum absolute atomic E-state index is 12.3. The summed E-state index contributed by atoms with van der Waals surface area (Å²) in [5.41, 5.74) is 0.598. The number of nitrogens with zero attached hydrogens (tertiary/aromatic N) is 1. The smallest absolute Gasteiger partial charge is 0.251 e. The van der Waals surface area contributed by atoms with Crippen molar-refractivity contribution in [2.24, 2.45) is 11.8 Å². The van der Waals surface area contributed by atoms with Crippen molar-refractivity contribution >= 4 is 5.91 Å². The van der Waals surface area contributed by atoms with E-state index in [9.17, 15) is 4.79 Å². The molecular formula is C20H32N2O3. The molecule has 5 nitrogen and oxygen atoms in total. The summed E-state index contributed by atoms with van der Waals surface area (Å²) in [4.78, 5) is 14.8. The summed E-state index contributed by atoms with van der Waals surface area (Å²) in [6.45, 7) is 11.2. The molecule has 1 amide bonds. The van der Waals surface area contributed by atoms with Crippen LogP contribution < -0.4 is 14.8 Å². The summed E-state index contributed by atoms with van der Waals surface area (Å²) in [5, 5.41) is 3.00. The van der Waals surface area contributed by atoms with Gasteiger partial charge in [0.05, 0.1) is 13.7 Å². The van der Waals surface area contributed by atoms with Crippen LogP contribution in [0.2, 0.25) is 0 Å². The number of piperidine rings is 1. The Balaban J connectivity index is 1.78. The third-order valence-corrected chi connectivity index (χ3v) is 4.61. The second-order valence-corrected chi connectivity index (χ2v) is 7.11. The monoisotopic (exact) mass is 348 g/mol. The van der Waals surface area contributed by atoms with Crippen molar-refractivity contribution in [1.29, 1.82) is 0 Å². The number of carbonyl (C=O) groups excluding carboxylic acids is 1. The first-order valence-electron chi connectivity index (χ1n) is 9.34. The fraction of sp³-hybridized carbons (Fsp3) is 0.650. The Labute approximate surface area is 151 Å². The highest BCUT2D eigenvalue weighted by Gasteiger charge is 2.21. The Morgan fingerprint density at radius 3 is 2.60 bits per heavy atom. The van der Waals surface area contributed by atoms with Crippen LogP contribution >= 0.6 is 0 Å². The first-order chi connectivity index (χ1) is 12.0. The molecule has 1 aromatic carbocycles. The predicted molar refractivity (Wildman–Crippen MR) is 100 cm³/mol. The maximum Gasteiger partial charge on any atom is 0.251 e. The van der Waals surface area contributed by atoms with Crippen LogP contribution in [0.3, 0.4) is 0 Å². The largest absolute Gasteiger partial charge is 0.493 e. The molecular weight excluding hydrogens is 316 g/mol. The first-order valence-corrected chi connectivity index (χ1v) is 9.34. The molecule has 0 spiro atoms. The molecule has 1 aliphatic rings. The molecule has 25 heavy (non-hydrogen) atoms. The van der Waals surface area contributed by atoms with Gasteiger partial charge in [-0.2, -0.15) is 0 Å². The lowest BCUT2D eigenvalue weighted by Crippen LogP contribution is -2.40. The highest BCUT2D eigenvalue weighted by molar-refractivity contribution is 5.94. The first kappa shape index (κ1) is 19.6. The van der Waals surface area contributed by atoms with Crippen LogP contribution in [0.5, 0.6) is 11.5 Å². The standard InChI is InChI=1S/C20H32N2O3/c1-5-25-18-8-7-17(12-19(18)24-4)20(23)21-9-6-10-22-13-15(2)11-16(3)14-22/h7-8,12,15-16H,5-6,9-11,13-14H2,1-4H3,(H,21,23)/t15-,16-/m0/s1. The van der Waals surface area contributed by atoms with E-state index in [0.717, 1.165) is 24.8 Å². The minimum Gasteiger partial charge on any atom is -0.493 e. The molecule has 140 valence electrons. The Hall–Kier alpha value is -1.75. The van der Waals surface area contributed by atoms with Crippen LogP contribution in [0.4, 0.5) is 0 Å². The molecule has 0 saturated carbocycles. The zero-order valence-electron chi connectivity index (χ0n) is 16.0. The number of likely N-dealkylation sites (tertiary alicyclic amines) is 1. The number of hydrogen-bond acceptors (Lipinski definition) is 4. The van der Waals surface area contributed by atoms with Crippen LogP contribution in [0.1, 0.15) is 44.0 Å². The molecule has 2 rings (SSSR count). The van der Waals surface area contributed by atoms with Crippen molar-refractivity contribution in [2.75, 3.05) is 39.9 Å². The lowest BCUT2D eigenvalue weighted by molar-refractivity contribution is 0.0947. The van der Waals surface area contributed by atoms with Crippen LogP contribution in [0, 0.1) is 11.8 Å². The van der Waals surface area contributed by atoms with Crippen LogP contribution in [-0.4, -0.2) is 50.7 Å². The number of rotatable bonds is 8. The fourth-order valence-corrected chi connectivity index (χ4v) is 3.66. The molecule has 0 unspecified atom stereocenters. The molecule has 0 radical (unpaired) electrons. The minimum absolute atomic E-state index is 0.0678. The summed E-state index contributed by atoms with van der Waals surface area (Å²) < 4.78 is 10.8. The van der Waals surface area contributed by atoms with Gasteiger partial charge in [-0.25, -0.2) is 0 Å². The van der Waals surface area contributed by atoms with Gasteiger partial charge >= 0.3 is 0 Å². The third-order valence-electron chi connectivity index (χ3n) is 4.61. The van der Waals surface area contributed by atoms with Gasteiger partial charge in [0.25, 0.3) is 5.91 Å². The van der Waals surface area contributed by atoms with Gasteiger partial charge in [-0.3, -0.25) is 4.79 Å². The number of nitrogens with one attached hydrogen (secondary N) is 1. The molecule has 1 aliphatic heterocycles. The van der Waals surface area contributed by atoms with E-state index < -0.39 is 0 Å². The summed E-state index contributed by atoms with van der Waals surface area (Å²) in [7, 11) is 1.58. The number of hydrogen-bond donors (Lipinski definition) is 1. The van der Waals surface area contributed by atoms with Gasteiger partial charge in [0.2, 0.25) is 0 Å². The van der Waals surface area contributed by atoms with Crippen molar-refractivity contribution in [3.8, 4) is 11.5 Å². The van der Waals surface area contributed by atoms with Gasteiger partial charge in [-0.15, -0.1) is 0 Å². The molecule has 1 N–H and O–H groups in total. The lowest BCUT2D eigenvalue weighted by atomic mass is 9.92. The van der Waals surface area contributed by atoms with E-state index in [2.05, 4.69) is 24.1 Å². The summed E-state index contributed by atoms with van der Waals surface area (Å²) >= 11 is 0. The predicted octanol–water partition coefficient (Wildman–Crippen LogP) is 3.19. The van der Waals surface area contributed by atoms with Crippen molar-refractivity contribution < 1.29 is 14.3 Å². The van der Waals surface area contributed by atoms with Gasteiger partial charge in [0.1, 0.15) is 0 Å². The molecule has 1 fully saturated rings. The van der Waals surface area contributed by atoms with Crippen molar-refractivity contribution in [2.45, 2.75) is 33.6 Å². The summed E-state index contributed by atoms with van der Waals surface area (Å²) in [6, 6.07) is 5.29. The van der Waals surface area contributed by atoms with Crippen molar-refractivity contribution in [3.63, 3.8) is 0 Å². The quantitative estimate of drug-likeness (QED) is 0.733. The third kappa shape index (κ3) is 5.92. The van der Waals surface area contributed by atoms with Gasteiger partial charge < -0.3 is 19.7 Å². The number of carbonyl (C=O) groups is 1. The van der Waals surface area contributed by atoms with E-state index in [1.54, 1.807) is 25.3 Å². The normalized spacial score (nSPS) is 21.0. The van der Waals surface area contributed by atoms with Crippen LogP contribution in [0.25, 0.3) is 0 Å². The van der Waals surface area contributed by atoms with Crippen molar-refractivity contribution in [1.82, 2.24) is 10.2 Å². The average molecular weight is 348 g/mol. The molecule has 2 atom stereocenters. The van der Waals surface area contributed by atoms with Crippen LogP contribution in [-0.2, 0) is 0 Å². The highest BCUT2D eigenvalue weighted by atomic mass is 16.5. The molecule has 0 bridgehead atoms. The fourth-order valence-electron chi connectivity index (χ4n) is 3.66. The molecule has 1 heterocycles. The van der Waals surface area contributed by atoms with Gasteiger partial charge in [0, 0.05) is 25.2 Å². The lowest BCUT2D eigenvalue weighted by Gasteiger charge is -2.34. The minimum atomic E-state index is -0.0678. The van der Waals surface area contributed by atoms with E-state index in [0.29, 0.717) is 30.2 Å². The Kier molecular flexibility index (Phi) is 7.56. The maximum atomic E-state index is 12.3. The van der Waals surface area contributed by atoms with E-state index in [-0.39, 0.29) is 5.91 Å². The number of methoxy groups -OCH3 is 1. The summed E-state index contributed by atoms with van der Waals surface area (Å²) in [6.07, 6.45) is 2.30. The molecule has 0 aliphatic carbocycles. The topological polar surface area (TPSA) is 50.8 Å². The molecule has 5 heteroatoms. The molecule has 0 aromatic heterocycles. The van der Waals surface area contributed by atoms with Gasteiger partial charge in [-0.05, 0) is 56.3 Å². The Bertz CT molecular complexity index is 552. The van der Waals surface area contributed by atoms with E-state index >= 15 is 0 Å². The Morgan fingerprint density at radius 1 is 1.24 bits per heavy atom. The second kappa shape index (κ2) is 9.66. The number of ether oxygens (including phenoxy) is 2. The van der Waals surface area contributed by atoms with Crippen LogP contribution in [0.15, 0.2) is 18.2 Å². The molecule has 1 aromatic rings. The van der Waals surface area contributed by atoms with E-state index in [1.165, 1.54) is 19.5 Å². The average Bonchev–Trinajstić information content (AvgIpc) is 2.58. The SMILES string of the molecule is CCOc1ccc(C(=O)NCCCN2C[C@@H](C)C[C@H](C)C2)cc1OC. The number of benzene rings is 1. The van der Waals surface area contributed by atoms with Gasteiger partial charge in [0.15, 0.2) is 11.5 Å². The Morgan fingerprint density at radius 2 is 1.96 bits per heavy atom. The summed E-state index contributed by atoms with van der Waals surface area (Å²) in [5.74, 6) is 2.73. The zero-order chi connectivity index (χ0) is 18.2. The zero-order valence-corrected chi connectivity index (χ0v) is 16.0. The number of amides is 1. The van der Waals surface area contributed by atoms with Gasteiger partial charge in [-0.1, -0.05) is 13.8 Å².